The fraction of sp³-hybridized carbons (Fsp3) is 0.0435. The van der Waals surface area contributed by atoms with Crippen LogP contribution in [0.3, 0.4) is 0 Å². The first-order chi connectivity index (χ1) is 14.1. The van der Waals surface area contributed by atoms with Crippen LogP contribution in [0, 0.1) is 0 Å². The van der Waals surface area contributed by atoms with E-state index in [2.05, 4.69) is 26.2 Å². The first-order valence-electron chi connectivity index (χ1n) is 8.90. The SMILES string of the molecule is COc1ccc(NC(=O)c2ccccc2-c2ncc(-c3cccc(Br)c3)o2)cc1. The Morgan fingerprint density at radius 2 is 1.83 bits per heavy atom. The van der Waals surface area contributed by atoms with E-state index in [1.165, 1.54) is 0 Å². The lowest BCUT2D eigenvalue weighted by atomic mass is 10.1. The van der Waals surface area contributed by atoms with Gasteiger partial charge in [0.1, 0.15) is 5.75 Å². The Balaban J connectivity index is 1.62. The van der Waals surface area contributed by atoms with Crippen LogP contribution in [-0.4, -0.2) is 18.0 Å². The highest BCUT2D eigenvalue weighted by atomic mass is 79.9. The summed E-state index contributed by atoms with van der Waals surface area (Å²) in [7, 11) is 1.60. The smallest absolute Gasteiger partial charge is 0.256 e. The molecule has 6 heteroatoms. The number of methoxy groups -OCH3 is 1. The van der Waals surface area contributed by atoms with Crippen molar-refractivity contribution in [1.29, 1.82) is 0 Å². The molecule has 29 heavy (non-hydrogen) atoms. The fourth-order valence-corrected chi connectivity index (χ4v) is 3.31. The Morgan fingerprint density at radius 1 is 1.03 bits per heavy atom. The van der Waals surface area contributed by atoms with Crippen molar-refractivity contribution in [1.82, 2.24) is 4.98 Å². The number of aromatic nitrogens is 1. The monoisotopic (exact) mass is 448 g/mol. The number of anilines is 1. The molecule has 144 valence electrons. The van der Waals surface area contributed by atoms with E-state index >= 15 is 0 Å². The number of benzene rings is 3. The number of amides is 1. The van der Waals surface area contributed by atoms with Crippen LogP contribution in [-0.2, 0) is 0 Å². The van der Waals surface area contributed by atoms with Gasteiger partial charge in [-0.05, 0) is 48.5 Å². The van der Waals surface area contributed by atoms with Gasteiger partial charge in [0.2, 0.25) is 5.89 Å². The molecule has 0 spiro atoms. The van der Waals surface area contributed by atoms with Gasteiger partial charge in [-0.15, -0.1) is 0 Å². The maximum atomic E-state index is 12.9. The Bertz CT molecular complexity index is 1150. The van der Waals surface area contributed by atoms with Gasteiger partial charge < -0.3 is 14.5 Å². The number of hydrogen-bond acceptors (Lipinski definition) is 4. The second-order valence-electron chi connectivity index (χ2n) is 6.27. The molecule has 0 bridgehead atoms. The molecule has 4 aromatic rings. The average molecular weight is 449 g/mol. The van der Waals surface area contributed by atoms with E-state index in [1.54, 1.807) is 43.6 Å². The van der Waals surface area contributed by atoms with Gasteiger partial charge >= 0.3 is 0 Å². The zero-order valence-corrected chi connectivity index (χ0v) is 17.1. The summed E-state index contributed by atoms with van der Waals surface area (Å²) in [5.74, 6) is 1.50. The molecule has 0 atom stereocenters. The second-order valence-corrected chi connectivity index (χ2v) is 7.18. The summed E-state index contributed by atoms with van der Waals surface area (Å²) < 4.78 is 12.1. The van der Waals surface area contributed by atoms with Crippen LogP contribution in [0.4, 0.5) is 5.69 Å². The molecule has 1 aromatic heterocycles. The van der Waals surface area contributed by atoms with Gasteiger partial charge in [0.25, 0.3) is 5.91 Å². The molecule has 0 saturated heterocycles. The van der Waals surface area contributed by atoms with Crippen LogP contribution in [0.5, 0.6) is 5.75 Å². The number of nitrogens with zero attached hydrogens (tertiary/aromatic N) is 1. The Morgan fingerprint density at radius 3 is 2.59 bits per heavy atom. The lowest BCUT2D eigenvalue weighted by Gasteiger charge is -2.09. The summed E-state index contributed by atoms with van der Waals surface area (Å²) in [6, 6.07) is 22.1. The molecule has 5 nitrogen and oxygen atoms in total. The summed E-state index contributed by atoms with van der Waals surface area (Å²) >= 11 is 3.46. The molecule has 0 fully saturated rings. The number of ether oxygens (including phenoxy) is 1. The van der Waals surface area contributed by atoms with Crippen molar-refractivity contribution in [3.05, 3.63) is 89.0 Å². The van der Waals surface area contributed by atoms with Gasteiger partial charge in [0.15, 0.2) is 5.76 Å². The molecule has 0 saturated carbocycles. The fourth-order valence-electron chi connectivity index (χ4n) is 2.91. The quantitative estimate of drug-likeness (QED) is 0.404. The Kier molecular flexibility index (Phi) is 5.44. The first-order valence-corrected chi connectivity index (χ1v) is 9.70. The predicted octanol–water partition coefficient (Wildman–Crippen LogP) is 6.03. The maximum Gasteiger partial charge on any atom is 0.256 e. The van der Waals surface area contributed by atoms with E-state index in [4.69, 9.17) is 9.15 Å². The van der Waals surface area contributed by atoms with E-state index in [1.807, 2.05) is 42.5 Å². The molecule has 0 aliphatic carbocycles. The zero-order chi connectivity index (χ0) is 20.2. The van der Waals surface area contributed by atoms with Crippen LogP contribution >= 0.6 is 15.9 Å². The van der Waals surface area contributed by atoms with Gasteiger partial charge in [0.05, 0.1) is 18.9 Å². The number of hydrogen-bond donors (Lipinski definition) is 1. The van der Waals surface area contributed by atoms with Crippen LogP contribution < -0.4 is 10.1 Å². The minimum Gasteiger partial charge on any atom is -0.497 e. The molecule has 0 aliphatic heterocycles. The molecule has 3 aromatic carbocycles. The predicted molar refractivity (Wildman–Crippen MR) is 116 cm³/mol. The minimum absolute atomic E-state index is 0.243. The summed E-state index contributed by atoms with van der Waals surface area (Å²) in [4.78, 5) is 17.3. The average Bonchev–Trinajstić information content (AvgIpc) is 3.24. The van der Waals surface area contributed by atoms with Crippen molar-refractivity contribution in [3.63, 3.8) is 0 Å². The second kappa shape index (κ2) is 8.32. The van der Waals surface area contributed by atoms with Crippen LogP contribution in [0.2, 0.25) is 0 Å². The highest BCUT2D eigenvalue weighted by Crippen LogP contribution is 2.30. The standard InChI is InChI=1S/C23H17BrN2O3/c1-28-18-11-9-17(10-12-18)26-22(27)19-7-2-3-8-20(19)23-25-14-21(29-23)15-5-4-6-16(24)13-15/h2-14H,1H3,(H,26,27). The summed E-state index contributed by atoms with van der Waals surface area (Å²) in [6.07, 6.45) is 1.66. The largest absolute Gasteiger partial charge is 0.497 e. The van der Waals surface area contributed by atoms with E-state index in [9.17, 15) is 4.79 Å². The highest BCUT2D eigenvalue weighted by molar-refractivity contribution is 9.10. The van der Waals surface area contributed by atoms with Gasteiger partial charge in [-0.3, -0.25) is 4.79 Å². The van der Waals surface area contributed by atoms with E-state index in [0.29, 0.717) is 28.5 Å². The van der Waals surface area contributed by atoms with E-state index in [0.717, 1.165) is 15.8 Å². The van der Waals surface area contributed by atoms with Crippen LogP contribution in [0.15, 0.2) is 87.9 Å². The molecule has 1 N–H and O–H groups in total. The zero-order valence-electron chi connectivity index (χ0n) is 15.6. The number of carbonyl (C=O) groups is 1. The maximum absolute atomic E-state index is 12.9. The van der Waals surface area contributed by atoms with Gasteiger partial charge in [-0.1, -0.05) is 40.2 Å². The van der Waals surface area contributed by atoms with Gasteiger partial charge in [0, 0.05) is 21.3 Å². The lowest BCUT2D eigenvalue weighted by molar-refractivity contribution is 0.102. The van der Waals surface area contributed by atoms with Gasteiger partial charge in [-0.25, -0.2) is 4.98 Å². The third-order valence-electron chi connectivity index (χ3n) is 4.36. The Hall–Kier alpha value is -3.38. The van der Waals surface area contributed by atoms with Crippen LogP contribution in [0.1, 0.15) is 10.4 Å². The van der Waals surface area contributed by atoms with Crippen molar-refractivity contribution < 1.29 is 13.9 Å². The molecule has 1 amide bonds. The molecular formula is C23H17BrN2O3. The summed E-state index contributed by atoms with van der Waals surface area (Å²) in [5.41, 5.74) is 2.68. The molecule has 0 aliphatic rings. The van der Waals surface area contributed by atoms with E-state index < -0.39 is 0 Å². The highest BCUT2D eigenvalue weighted by Gasteiger charge is 2.17. The number of halogens is 1. The number of nitrogens with one attached hydrogen (secondary N) is 1. The van der Waals surface area contributed by atoms with E-state index in [-0.39, 0.29) is 5.91 Å². The lowest BCUT2D eigenvalue weighted by Crippen LogP contribution is -2.13. The number of rotatable bonds is 5. The van der Waals surface area contributed by atoms with Crippen molar-refractivity contribution in [2.75, 3.05) is 12.4 Å². The normalized spacial score (nSPS) is 10.6. The van der Waals surface area contributed by atoms with Crippen molar-refractivity contribution in [2.24, 2.45) is 0 Å². The number of oxazole rings is 1. The molecule has 4 rings (SSSR count). The summed E-state index contributed by atoms with van der Waals surface area (Å²) in [5, 5.41) is 2.90. The third kappa shape index (κ3) is 4.22. The summed E-state index contributed by atoms with van der Waals surface area (Å²) in [6.45, 7) is 0. The topological polar surface area (TPSA) is 64.4 Å². The van der Waals surface area contributed by atoms with Crippen molar-refractivity contribution >= 4 is 27.5 Å². The third-order valence-corrected chi connectivity index (χ3v) is 4.86. The van der Waals surface area contributed by atoms with Gasteiger partial charge in [-0.2, -0.15) is 0 Å². The minimum atomic E-state index is -0.243. The Labute approximate surface area is 176 Å². The molecule has 0 unspecified atom stereocenters. The molecule has 1 heterocycles. The van der Waals surface area contributed by atoms with Crippen LogP contribution in [0.25, 0.3) is 22.8 Å². The molecule has 0 radical (unpaired) electrons. The first kappa shape index (κ1) is 19.0. The molecular weight excluding hydrogens is 432 g/mol. The van der Waals surface area contributed by atoms with Crippen molar-refractivity contribution in [3.8, 4) is 28.5 Å². The van der Waals surface area contributed by atoms with Crippen molar-refractivity contribution in [2.45, 2.75) is 0 Å². The number of carbonyl (C=O) groups excluding carboxylic acids is 1.